The zero-order valence-electron chi connectivity index (χ0n) is 6.87. The third kappa shape index (κ3) is 2.39. The summed E-state index contributed by atoms with van der Waals surface area (Å²) in [5.74, 6) is -2.72. The second-order valence-electron chi connectivity index (χ2n) is 2.45. The van der Waals surface area contributed by atoms with Crippen LogP contribution in [0.1, 0.15) is 0 Å². The quantitative estimate of drug-likeness (QED) is 0.751. The van der Waals surface area contributed by atoms with Gasteiger partial charge in [-0.2, -0.15) is 0 Å². The minimum Gasteiger partial charge on any atom is -0.239 e. The maximum Gasteiger partial charge on any atom is 0.199 e. The molecule has 0 aromatic carbocycles. The smallest absolute Gasteiger partial charge is 0.199 e. The summed E-state index contributed by atoms with van der Waals surface area (Å²) in [6.07, 6.45) is 0.643. The fourth-order valence-electron chi connectivity index (χ4n) is 0.829. The Kier molecular flexibility index (Phi) is 3.38. The highest BCUT2D eigenvalue weighted by Crippen LogP contribution is 2.13. The van der Waals surface area contributed by atoms with Crippen molar-refractivity contribution in [3.63, 3.8) is 0 Å². The van der Waals surface area contributed by atoms with Crippen molar-refractivity contribution in [1.29, 1.82) is 0 Å². The normalized spacial score (nSPS) is 11.6. The Morgan fingerprint density at radius 1 is 1.43 bits per heavy atom. The zero-order valence-corrected chi connectivity index (χ0v) is 8.45. The lowest BCUT2D eigenvalue weighted by Crippen LogP contribution is -2.12. The standard InChI is InChI=1S/C7H6ClF2NO2S/c8-1-2-14(12,13)7-6(10)3-5(9)4-11-7/h3-4H,1-2H2. The molecule has 3 nitrogen and oxygen atoms in total. The second-order valence-corrected chi connectivity index (χ2v) is 4.85. The molecule has 0 saturated carbocycles. The van der Waals surface area contributed by atoms with Crippen molar-refractivity contribution in [2.75, 3.05) is 11.6 Å². The van der Waals surface area contributed by atoms with E-state index in [0.29, 0.717) is 12.3 Å². The summed E-state index contributed by atoms with van der Waals surface area (Å²) >= 11 is 5.22. The molecule has 0 unspecified atom stereocenters. The molecule has 14 heavy (non-hydrogen) atoms. The van der Waals surface area contributed by atoms with Crippen LogP contribution in [0.4, 0.5) is 8.78 Å². The molecule has 0 fully saturated rings. The van der Waals surface area contributed by atoms with Gasteiger partial charge in [-0.15, -0.1) is 11.6 Å². The molecule has 1 aromatic heterocycles. The third-order valence-electron chi connectivity index (χ3n) is 1.41. The maximum atomic E-state index is 12.9. The van der Waals surface area contributed by atoms with Crippen LogP contribution in [-0.4, -0.2) is 25.0 Å². The first-order valence-corrected chi connectivity index (χ1v) is 5.76. The molecule has 1 aromatic rings. The zero-order chi connectivity index (χ0) is 10.8. The third-order valence-corrected chi connectivity index (χ3v) is 3.46. The van der Waals surface area contributed by atoms with E-state index in [0.717, 1.165) is 0 Å². The first-order valence-electron chi connectivity index (χ1n) is 3.57. The molecular weight excluding hydrogens is 236 g/mol. The van der Waals surface area contributed by atoms with Crippen molar-refractivity contribution in [3.05, 3.63) is 23.9 Å². The number of aromatic nitrogens is 1. The van der Waals surface area contributed by atoms with E-state index in [1.807, 2.05) is 0 Å². The van der Waals surface area contributed by atoms with Gasteiger partial charge in [-0.3, -0.25) is 0 Å². The molecule has 0 atom stereocenters. The van der Waals surface area contributed by atoms with Gasteiger partial charge in [0.05, 0.1) is 11.9 Å². The van der Waals surface area contributed by atoms with Gasteiger partial charge in [0.2, 0.25) is 0 Å². The van der Waals surface area contributed by atoms with Crippen LogP contribution in [0.15, 0.2) is 17.3 Å². The molecule has 1 rings (SSSR count). The molecule has 78 valence electrons. The molecule has 0 aliphatic rings. The summed E-state index contributed by atoms with van der Waals surface area (Å²) in [7, 11) is -3.84. The number of hydrogen-bond donors (Lipinski definition) is 0. The summed E-state index contributed by atoms with van der Waals surface area (Å²) in [6, 6.07) is 0.466. The largest absolute Gasteiger partial charge is 0.239 e. The molecule has 7 heteroatoms. The van der Waals surface area contributed by atoms with Crippen LogP contribution in [0.5, 0.6) is 0 Å². The Morgan fingerprint density at radius 3 is 2.57 bits per heavy atom. The van der Waals surface area contributed by atoms with E-state index in [1.54, 1.807) is 0 Å². The van der Waals surface area contributed by atoms with Crippen molar-refractivity contribution in [2.24, 2.45) is 0 Å². The van der Waals surface area contributed by atoms with Crippen LogP contribution in [0.3, 0.4) is 0 Å². The summed E-state index contributed by atoms with van der Waals surface area (Å²) in [6.45, 7) is 0. The Balaban J connectivity index is 3.20. The number of rotatable bonds is 3. The van der Waals surface area contributed by atoms with Crippen LogP contribution in [0.2, 0.25) is 0 Å². The number of pyridine rings is 1. The molecule has 0 aliphatic heterocycles. The lowest BCUT2D eigenvalue weighted by atomic mass is 10.5. The summed E-state index contributed by atoms with van der Waals surface area (Å²) in [4.78, 5) is 3.17. The SMILES string of the molecule is O=S(=O)(CCCl)c1ncc(F)cc1F. The highest BCUT2D eigenvalue weighted by molar-refractivity contribution is 7.91. The molecule has 0 saturated heterocycles. The Bertz CT molecular complexity index is 435. The lowest BCUT2D eigenvalue weighted by molar-refractivity contribution is 0.531. The number of alkyl halides is 1. The van der Waals surface area contributed by atoms with Gasteiger partial charge < -0.3 is 0 Å². The first-order chi connectivity index (χ1) is 6.47. The minimum absolute atomic E-state index is 0.166. The van der Waals surface area contributed by atoms with Gasteiger partial charge in [0.1, 0.15) is 5.82 Å². The van der Waals surface area contributed by atoms with E-state index >= 15 is 0 Å². The van der Waals surface area contributed by atoms with E-state index in [2.05, 4.69) is 4.98 Å². The number of sulfone groups is 1. The van der Waals surface area contributed by atoms with Crippen molar-refractivity contribution in [2.45, 2.75) is 5.03 Å². The highest BCUT2D eigenvalue weighted by Gasteiger charge is 2.20. The molecule has 1 heterocycles. The Hall–Kier alpha value is -0.750. The first kappa shape index (κ1) is 11.3. The maximum absolute atomic E-state index is 12.9. The Labute approximate surface area is 84.6 Å². The van der Waals surface area contributed by atoms with Crippen LogP contribution < -0.4 is 0 Å². The lowest BCUT2D eigenvalue weighted by Gasteiger charge is -2.01. The molecule has 0 N–H and O–H groups in total. The monoisotopic (exact) mass is 241 g/mol. The average molecular weight is 242 g/mol. The van der Waals surface area contributed by atoms with Crippen LogP contribution >= 0.6 is 11.6 Å². The van der Waals surface area contributed by atoms with Crippen LogP contribution in [0, 0.1) is 11.6 Å². The van der Waals surface area contributed by atoms with Gasteiger partial charge in [-0.05, 0) is 0 Å². The summed E-state index contributed by atoms with van der Waals surface area (Å²) < 4.78 is 47.9. The number of nitrogens with zero attached hydrogens (tertiary/aromatic N) is 1. The number of hydrogen-bond acceptors (Lipinski definition) is 3. The van der Waals surface area contributed by atoms with Gasteiger partial charge in [0.25, 0.3) is 0 Å². The van der Waals surface area contributed by atoms with Crippen LogP contribution in [-0.2, 0) is 9.84 Å². The van der Waals surface area contributed by atoms with Gasteiger partial charge in [0.15, 0.2) is 20.7 Å². The van der Waals surface area contributed by atoms with Gasteiger partial charge in [-0.1, -0.05) is 0 Å². The van der Waals surface area contributed by atoms with Crippen molar-refractivity contribution >= 4 is 21.4 Å². The predicted molar refractivity (Wildman–Crippen MR) is 46.9 cm³/mol. The molecule has 0 bridgehead atoms. The minimum atomic E-state index is -3.84. The van der Waals surface area contributed by atoms with E-state index < -0.39 is 32.3 Å². The second kappa shape index (κ2) is 4.18. The van der Waals surface area contributed by atoms with E-state index in [1.165, 1.54) is 0 Å². The van der Waals surface area contributed by atoms with Crippen LogP contribution in [0.25, 0.3) is 0 Å². The number of halogens is 3. The summed E-state index contributed by atoms with van der Waals surface area (Å²) in [5, 5.41) is -0.764. The fourth-order valence-corrected chi connectivity index (χ4v) is 2.40. The molecular formula is C7H6ClF2NO2S. The van der Waals surface area contributed by atoms with Crippen molar-refractivity contribution < 1.29 is 17.2 Å². The highest BCUT2D eigenvalue weighted by atomic mass is 35.5. The Morgan fingerprint density at radius 2 is 2.07 bits per heavy atom. The molecule has 0 radical (unpaired) electrons. The van der Waals surface area contributed by atoms with E-state index in [4.69, 9.17) is 11.6 Å². The topological polar surface area (TPSA) is 47.0 Å². The molecule has 0 amide bonds. The fraction of sp³-hybridized carbons (Fsp3) is 0.286. The van der Waals surface area contributed by atoms with Crippen molar-refractivity contribution in [3.8, 4) is 0 Å². The predicted octanol–water partition coefficient (Wildman–Crippen LogP) is 1.37. The van der Waals surface area contributed by atoms with Gasteiger partial charge in [0, 0.05) is 11.9 Å². The molecule has 0 aliphatic carbocycles. The van der Waals surface area contributed by atoms with Gasteiger partial charge in [-0.25, -0.2) is 22.2 Å². The average Bonchev–Trinajstić information content (AvgIpc) is 2.02. The molecule has 0 spiro atoms. The van der Waals surface area contributed by atoms with Crippen molar-refractivity contribution in [1.82, 2.24) is 4.98 Å². The summed E-state index contributed by atoms with van der Waals surface area (Å²) in [5.41, 5.74) is 0. The van der Waals surface area contributed by atoms with E-state index in [-0.39, 0.29) is 5.88 Å². The van der Waals surface area contributed by atoms with Gasteiger partial charge >= 0.3 is 0 Å². The van der Waals surface area contributed by atoms with E-state index in [9.17, 15) is 17.2 Å².